The average Bonchev–Trinajstić information content (AvgIpc) is 3.34. The van der Waals surface area contributed by atoms with Crippen LogP contribution in [0.25, 0.3) is 0 Å². The van der Waals surface area contributed by atoms with Gasteiger partial charge in [-0.2, -0.15) is 0 Å². The Morgan fingerprint density at radius 2 is 2.03 bits per heavy atom. The number of guanidine groups is 1. The second-order valence-corrected chi connectivity index (χ2v) is 8.22. The van der Waals surface area contributed by atoms with Gasteiger partial charge in [-0.1, -0.05) is 12.1 Å². The first kappa shape index (κ1) is 24.6. The monoisotopic (exact) mass is 541 g/mol. The second kappa shape index (κ2) is 12.9. The highest BCUT2D eigenvalue weighted by molar-refractivity contribution is 14.0. The molecule has 1 aromatic carbocycles. The fraction of sp³-hybridized carbons (Fsp3) is 0.500. The van der Waals surface area contributed by atoms with Crippen LogP contribution in [0.5, 0.6) is 0 Å². The summed E-state index contributed by atoms with van der Waals surface area (Å²) in [6, 6.07) is 8.16. The Morgan fingerprint density at radius 1 is 1.23 bits per heavy atom. The molecule has 1 aliphatic heterocycles. The maximum atomic E-state index is 11.9. The lowest BCUT2D eigenvalue weighted by Crippen LogP contribution is -2.37. The third-order valence-electron chi connectivity index (χ3n) is 4.86. The van der Waals surface area contributed by atoms with Gasteiger partial charge in [0.05, 0.1) is 11.6 Å². The number of hydrogen-bond donors (Lipinski definition) is 2. The van der Waals surface area contributed by atoms with Gasteiger partial charge in [0.2, 0.25) is 5.91 Å². The van der Waals surface area contributed by atoms with Crippen molar-refractivity contribution in [1.29, 1.82) is 0 Å². The molecule has 1 aromatic heterocycles. The van der Waals surface area contributed by atoms with Crippen LogP contribution >= 0.6 is 35.3 Å². The third kappa shape index (κ3) is 7.54. The normalized spacial score (nSPS) is 14.0. The van der Waals surface area contributed by atoms with Crippen molar-refractivity contribution in [3.05, 3.63) is 45.9 Å². The number of aromatic nitrogens is 1. The molecule has 2 heterocycles. The van der Waals surface area contributed by atoms with Crippen molar-refractivity contribution in [3.63, 3.8) is 0 Å². The van der Waals surface area contributed by atoms with Gasteiger partial charge in [-0.25, -0.2) is 9.98 Å². The summed E-state index contributed by atoms with van der Waals surface area (Å²) >= 11 is 1.75. The van der Waals surface area contributed by atoms with E-state index >= 15 is 0 Å². The summed E-state index contributed by atoms with van der Waals surface area (Å²) in [6.45, 7) is 7.28. The Kier molecular flexibility index (Phi) is 10.6. The maximum absolute atomic E-state index is 11.9. The fourth-order valence-corrected chi connectivity index (χ4v) is 4.16. The van der Waals surface area contributed by atoms with E-state index in [0.717, 1.165) is 68.2 Å². The summed E-state index contributed by atoms with van der Waals surface area (Å²) in [7, 11) is 0. The molecule has 3 rings (SSSR count). The first-order valence-corrected chi connectivity index (χ1v) is 11.4. The number of aliphatic imine (C=N–C) groups is 1. The summed E-state index contributed by atoms with van der Waals surface area (Å²) < 4.78 is 0. The zero-order chi connectivity index (χ0) is 20.5. The fourth-order valence-electron chi connectivity index (χ4n) is 3.34. The first-order valence-electron chi connectivity index (χ1n) is 10.5. The minimum atomic E-state index is 0. The van der Waals surface area contributed by atoms with E-state index in [1.807, 2.05) is 24.0 Å². The molecule has 8 heteroatoms. The minimum absolute atomic E-state index is 0. The topological polar surface area (TPSA) is 69.6 Å². The van der Waals surface area contributed by atoms with E-state index in [1.165, 1.54) is 5.01 Å². The number of carbonyl (C=O) groups excluding carboxylic acids is 1. The van der Waals surface area contributed by atoms with E-state index in [4.69, 9.17) is 0 Å². The number of anilines is 1. The van der Waals surface area contributed by atoms with Crippen LogP contribution in [0.1, 0.15) is 48.9 Å². The lowest BCUT2D eigenvalue weighted by atomic mass is 10.2. The number of thiazole rings is 1. The van der Waals surface area contributed by atoms with Gasteiger partial charge in [0.1, 0.15) is 0 Å². The average molecular weight is 542 g/mol. The highest BCUT2D eigenvalue weighted by atomic mass is 127. The Bertz CT molecular complexity index is 821. The smallest absolute Gasteiger partial charge is 0.227 e. The molecule has 30 heavy (non-hydrogen) atoms. The number of nitrogens with one attached hydrogen (secondary N) is 2. The molecule has 2 aromatic rings. The maximum Gasteiger partial charge on any atom is 0.227 e. The Balaban J connectivity index is 0.00000320. The number of rotatable bonds is 9. The summed E-state index contributed by atoms with van der Waals surface area (Å²) in [5.41, 5.74) is 3.24. The molecule has 0 saturated carbocycles. The molecule has 6 nitrogen and oxygen atoms in total. The van der Waals surface area contributed by atoms with Crippen molar-refractivity contribution in [3.8, 4) is 0 Å². The van der Waals surface area contributed by atoms with E-state index in [9.17, 15) is 4.79 Å². The molecular weight excluding hydrogens is 509 g/mol. The van der Waals surface area contributed by atoms with Crippen LogP contribution in [0.3, 0.4) is 0 Å². The number of aryl methyl sites for hydroxylation is 2. The van der Waals surface area contributed by atoms with Gasteiger partial charge in [-0.3, -0.25) is 4.79 Å². The molecule has 1 aliphatic rings. The predicted octanol–water partition coefficient (Wildman–Crippen LogP) is 4.27. The van der Waals surface area contributed by atoms with Gasteiger partial charge >= 0.3 is 0 Å². The molecule has 1 fully saturated rings. The molecule has 1 saturated heterocycles. The molecule has 0 unspecified atom stereocenters. The van der Waals surface area contributed by atoms with Crippen LogP contribution in [0.4, 0.5) is 5.69 Å². The Morgan fingerprint density at radius 3 is 2.67 bits per heavy atom. The Labute approximate surface area is 200 Å². The number of carbonyl (C=O) groups is 1. The standard InChI is InChI=1S/C22H31N5OS.HI/c1-3-23-22(24-13-5-4-7-20-26-17(2)16-29-20)25-15-18-9-11-19(12-10-18)27-14-6-8-21(27)28;/h9-12,16H,3-8,13-15H2,1-2H3,(H2,23,24,25);1H. The SMILES string of the molecule is CCNC(=NCc1ccc(N2CCCC2=O)cc1)NCCCCc1nc(C)cs1.I. The van der Waals surface area contributed by atoms with Gasteiger partial charge in [-0.05, 0) is 57.2 Å². The van der Waals surface area contributed by atoms with Crippen LogP contribution in [-0.2, 0) is 17.8 Å². The quantitative estimate of drug-likeness (QED) is 0.215. The van der Waals surface area contributed by atoms with Crippen LogP contribution in [0.15, 0.2) is 34.6 Å². The zero-order valence-electron chi connectivity index (χ0n) is 17.8. The van der Waals surface area contributed by atoms with Gasteiger partial charge in [0, 0.05) is 42.8 Å². The molecule has 0 radical (unpaired) electrons. The van der Waals surface area contributed by atoms with Crippen molar-refractivity contribution in [2.75, 3.05) is 24.5 Å². The summed E-state index contributed by atoms with van der Waals surface area (Å²) in [5.74, 6) is 1.07. The van der Waals surface area contributed by atoms with E-state index < -0.39 is 0 Å². The van der Waals surface area contributed by atoms with Gasteiger partial charge < -0.3 is 15.5 Å². The van der Waals surface area contributed by atoms with Crippen molar-refractivity contribution in [2.45, 2.75) is 52.5 Å². The molecule has 1 amide bonds. The van der Waals surface area contributed by atoms with Crippen molar-refractivity contribution < 1.29 is 4.79 Å². The van der Waals surface area contributed by atoms with Crippen LogP contribution in [0, 0.1) is 6.92 Å². The van der Waals surface area contributed by atoms with Crippen LogP contribution < -0.4 is 15.5 Å². The summed E-state index contributed by atoms with van der Waals surface area (Å²) in [6.07, 6.45) is 4.86. The van der Waals surface area contributed by atoms with Crippen molar-refractivity contribution in [2.24, 2.45) is 4.99 Å². The van der Waals surface area contributed by atoms with E-state index in [0.29, 0.717) is 13.0 Å². The highest BCUT2D eigenvalue weighted by Crippen LogP contribution is 2.21. The number of nitrogens with zero attached hydrogens (tertiary/aromatic N) is 3. The molecular formula is C22H32IN5OS. The van der Waals surface area contributed by atoms with E-state index in [1.54, 1.807) is 11.3 Å². The molecule has 2 N–H and O–H groups in total. The minimum Gasteiger partial charge on any atom is -0.357 e. The molecule has 164 valence electrons. The van der Waals surface area contributed by atoms with Crippen molar-refractivity contribution >= 4 is 52.9 Å². The lowest BCUT2D eigenvalue weighted by molar-refractivity contribution is -0.117. The number of hydrogen-bond acceptors (Lipinski definition) is 4. The number of unbranched alkanes of at least 4 members (excludes halogenated alkanes) is 1. The van der Waals surface area contributed by atoms with Gasteiger partial charge in [-0.15, -0.1) is 35.3 Å². The van der Waals surface area contributed by atoms with Crippen LogP contribution in [-0.4, -0.2) is 36.5 Å². The van der Waals surface area contributed by atoms with Crippen molar-refractivity contribution in [1.82, 2.24) is 15.6 Å². The number of benzene rings is 1. The predicted molar refractivity (Wildman–Crippen MR) is 136 cm³/mol. The second-order valence-electron chi connectivity index (χ2n) is 7.28. The summed E-state index contributed by atoms with van der Waals surface area (Å²) in [5, 5.41) is 10.1. The van der Waals surface area contributed by atoms with Crippen LogP contribution in [0.2, 0.25) is 0 Å². The highest BCUT2D eigenvalue weighted by Gasteiger charge is 2.21. The molecule has 0 spiro atoms. The van der Waals surface area contributed by atoms with E-state index in [2.05, 4.69) is 45.0 Å². The number of amides is 1. The molecule has 0 atom stereocenters. The van der Waals surface area contributed by atoms with Gasteiger partial charge in [0.25, 0.3) is 0 Å². The number of halogens is 1. The first-order chi connectivity index (χ1) is 14.2. The Hall–Kier alpha value is -1.68. The third-order valence-corrected chi connectivity index (χ3v) is 5.89. The lowest BCUT2D eigenvalue weighted by Gasteiger charge is -2.16. The molecule has 0 aliphatic carbocycles. The van der Waals surface area contributed by atoms with E-state index in [-0.39, 0.29) is 29.9 Å². The zero-order valence-corrected chi connectivity index (χ0v) is 21.0. The summed E-state index contributed by atoms with van der Waals surface area (Å²) in [4.78, 5) is 22.9. The van der Waals surface area contributed by atoms with Gasteiger partial charge in [0.15, 0.2) is 5.96 Å². The largest absolute Gasteiger partial charge is 0.357 e. The molecule has 0 bridgehead atoms.